The Morgan fingerprint density at radius 1 is 1.19 bits per heavy atom. The molecule has 0 aromatic heterocycles. The van der Waals surface area contributed by atoms with Crippen LogP contribution in [0.1, 0.15) is 43.9 Å². The maximum atomic E-state index is 10.9. The summed E-state index contributed by atoms with van der Waals surface area (Å²) < 4.78 is 6.08. The number of ether oxygens (including phenoxy) is 1. The van der Waals surface area contributed by atoms with Crippen molar-refractivity contribution in [2.45, 2.75) is 39.7 Å². The van der Waals surface area contributed by atoms with Crippen molar-refractivity contribution in [3.8, 4) is 0 Å². The molecular formula is C20H32N4O2. The van der Waals surface area contributed by atoms with E-state index in [0.717, 1.165) is 32.0 Å². The van der Waals surface area contributed by atoms with Gasteiger partial charge in [0.15, 0.2) is 5.96 Å². The highest BCUT2D eigenvalue weighted by Gasteiger charge is 2.27. The quantitative estimate of drug-likeness (QED) is 0.396. The first-order valence-corrected chi connectivity index (χ1v) is 9.55. The van der Waals surface area contributed by atoms with Gasteiger partial charge in [-0.15, -0.1) is 0 Å². The summed E-state index contributed by atoms with van der Waals surface area (Å²) in [5, 5.41) is 9.30. The number of hydrogen-bond donors (Lipinski definition) is 3. The van der Waals surface area contributed by atoms with Crippen LogP contribution >= 0.6 is 0 Å². The summed E-state index contributed by atoms with van der Waals surface area (Å²) in [6.07, 6.45) is 2.30. The van der Waals surface area contributed by atoms with Crippen molar-refractivity contribution in [2.24, 2.45) is 10.9 Å². The van der Waals surface area contributed by atoms with Crippen molar-refractivity contribution in [1.82, 2.24) is 16.0 Å². The van der Waals surface area contributed by atoms with Crippen molar-refractivity contribution in [3.63, 3.8) is 0 Å². The molecule has 1 aliphatic rings. The number of aryl methyl sites for hydroxylation is 1. The second-order valence-electron chi connectivity index (χ2n) is 6.73. The molecule has 1 aromatic carbocycles. The molecule has 2 atom stereocenters. The standard InChI is InChI=1S/C20H32N4O2/c1-4-21-20(23-12-11-22-16(3)25)24-14-18-6-5-13-26-19(18)17-9-7-15(2)8-10-17/h7-10,18-19H,4-6,11-14H2,1-3H3,(H,22,25)(H2,21,23,24). The number of guanidine groups is 1. The number of benzene rings is 1. The Hall–Kier alpha value is -2.08. The Morgan fingerprint density at radius 3 is 2.62 bits per heavy atom. The van der Waals surface area contributed by atoms with Gasteiger partial charge in [0, 0.05) is 45.6 Å². The smallest absolute Gasteiger partial charge is 0.216 e. The number of aliphatic imine (C=N–C) groups is 1. The molecule has 3 N–H and O–H groups in total. The molecule has 6 heteroatoms. The van der Waals surface area contributed by atoms with Gasteiger partial charge in [0.2, 0.25) is 5.91 Å². The molecule has 144 valence electrons. The van der Waals surface area contributed by atoms with Gasteiger partial charge in [-0.05, 0) is 32.3 Å². The topological polar surface area (TPSA) is 74.8 Å². The van der Waals surface area contributed by atoms with E-state index in [2.05, 4.69) is 47.1 Å². The molecule has 1 amide bonds. The molecule has 0 aliphatic carbocycles. The lowest BCUT2D eigenvalue weighted by atomic mass is 9.89. The number of carbonyl (C=O) groups is 1. The highest BCUT2D eigenvalue weighted by Crippen LogP contribution is 2.33. The van der Waals surface area contributed by atoms with Gasteiger partial charge in [-0.1, -0.05) is 29.8 Å². The van der Waals surface area contributed by atoms with Gasteiger partial charge < -0.3 is 20.7 Å². The van der Waals surface area contributed by atoms with E-state index in [4.69, 9.17) is 9.73 Å². The molecule has 0 spiro atoms. The molecule has 1 fully saturated rings. The summed E-state index contributed by atoms with van der Waals surface area (Å²) in [5.41, 5.74) is 2.50. The van der Waals surface area contributed by atoms with Crippen LogP contribution in [0, 0.1) is 12.8 Å². The molecule has 1 aliphatic heterocycles. The Morgan fingerprint density at radius 2 is 1.92 bits per heavy atom. The van der Waals surface area contributed by atoms with E-state index in [-0.39, 0.29) is 12.0 Å². The van der Waals surface area contributed by atoms with Gasteiger partial charge in [0.25, 0.3) is 0 Å². The van der Waals surface area contributed by atoms with Crippen molar-refractivity contribution in [1.29, 1.82) is 0 Å². The second kappa shape index (κ2) is 10.8. The predicted molar refractivity (Wildman–Crippen MR) is 105 cm³/mol. The fourth-order valence-electron chi connectivity index (χ4n) is 3.12. The maximum Gasteiger partial charge on any atom is 0.216 e. The molecule has 6 nitrogen and oxygen atoms in total. The Labute approximate surface area is 156 Å². The lowest BCUT2D eigenvalue weighted by molar-refractivity contribution is -0.118. The summed E-state index contributed by atoms with van der Waals surface area (Å²) in [4.78, 5) is 15.7. The van der Waals surface area contributed by atoms with Gasteiger partial charge in [-0.3, -0.25) is 9.79 Å². The molecule has 1 heterocycles. The minimum atomic E-state index is -0.0194. The van der Waals surface area contributed by atoms with Crippen molar-refractivity contribution in [2.75, 3.05) is 32.8 Å². The summed E-state index contributed by atoms with van der Waals surface area (Å²) >= 11 is 0. The number of carbonyl (C=O) groups excluding carboxylic acids is 1. The highest BCUT2D eigenvalue weighted by molar-refractivity contribution is 5.79. The Kier molecular flexibility index (Phi) is 8.41. The zero-order valence-electron chi connectivity index (χ0n) is 16.2. The van der Waals surface area contributed by atoms with Crippen LogP contribution in [0.25, 0.3) is 0 Å². The van der Waals surface area contributed by atoms with E-state index in [0.29, 0.717) is 25.6 Å². The fraction of sp³-hybridized carbons (Fsp3) is 0.600. The van der Waals surface area contributed by atoms with E-state index >= 15 is 0 Å². The molecule has 2 unspecified atom stereocenters. The van der Waals surface area contributed by atoms with Gasteiger partial charge >= 0.3 is 0 Å². The zero-order valence-corrected chi connectivity index (χ0v) is 16.2. The summed E-state index contributed by atoms with van der Waals surface area (Å²) in [7, 11) is 0. The third-order valence-corrected chi connectivity index (χ3v) is 4.47. The van der Waals surface area contributed by atoms with E-state index in [1.165, 1.54) is 18.1 Å². The third-order valence-electron chi connectivity index (χ3n) is 4.47. The normalized spacial score (nSPS) is 20.5. The molecular weight excluding hydrogens is 328 g/mol. The first-order chi connectivity index (χ1) is 12.6. The van der Waals surface area contributed by atoms with Crippen LogP contribution in [0.5, 0.6) is 0 Å². The minimum Gasteiger partial charge on any atom is -0.373 e. The van der Waals surface area contributed by atoms with Gasteiger partial charge in [-0.2, -0.15) is 0 Å². The van der Waals surface area contributed by atoms with Crippen LogP contribution in [0.3, 0.4) is 0 Å². The predicted octanol–water partition coefficient (Wildman–Crippen LogP) is 2.15. The zero-order chi connectivity index (χ0) is 18.8. The lowest BCUT2D eigenvalue weighted by Gasteiger charge is -2.31. The second-order valence-corrected chi connectivity index (χ2v) is 6.73. The van der Waals surface area contributed by atoms with E-state index in [1.54, 1.807) is 0 Å². The van der Waals surface area contributed by atoms with Crippen LogP contribution in [0.15, 0.2) is 29.3 Å². The molecule has 26 heavy (non-hydrogen) atoms. The van der Waals surface area contributed by atoms with Gasteiger partial charge in [-0.25, -0.2) is 0 Å². The van der Waals surface area contributed by atoms with Crippen LogP contribution in [-0.2, 0) is 9.53 Å². The van der Waals surface area contributed by atoms with Crippen LogP contribution in [0.2, 0.25) is 0 Å². The molecule has 0 bridgehead atoms. The van der Waals surface area contributed by atoms with Crippen molar-refractivity contribution >= 4 is 11.9 Å². The summed E-state index contributed by atoms with van der Waals surface area (Å²) in [6, 6.07) is 8.61. The number of rotatable bonds is 7. The van der Waals surface area contributed by atoms with Crippen molar-refractivity contribution < 1.29 is 9.53 Å². The Balaban J connectivity index is 1.95. The summed E-state index contributed by atoms with van der Waals surface area (Å²) in [6.45, 7) is 9.22. The third kappa shape index (κ3) is 6.67. The van der Waals surface area contributed by atoms with Gasteiger partial charge in [0.1, 0.15) is 0 Å². The molecule has 1 aromatic rings. The average molecular weight is 361 g/mol. The summed E-state index contributed by atoms with van der Waals surface area (Å²) in [5.74, 6) is 1.14. The van der Waals surface area contributed by atoms with Crippen LogP contribution < -0.4 is 16.0 Å². The average Bonchev–Trinajstić information content (AvgIpc) is 2.64. The van der Waals surface area contributed by atoms with E-state index in [9.17, 15) is 4.79 Å². The lowest BCUT2D eigenvalue weighted by Crippen LogP contribution is -2.41. The van der Waals surface area contributed by atoms with E-state index in [1.807, 2.05) is 6.92 Å². The Bertz CT molecular complexity index is 586. The molecule has 2 rings (SSSR count). The molecule has 0 saturated carbocycles. The highest BCUT2D eigenvalue weighted by atomic mass is 16.5. The first-order valence-electron chi connectivity index (χ1n) is 9.55. The number of nitrogens with one attached hydrogen (secondary N) is 3. The maximum absolute atomic E-state index is 10.9. The largest absolute Gasteiger partial charge is 0.373 e. The number of hydrogen-bond acceptors (Lipinski definition) is 3. The minimum absolute atomic E-state index is 0.0194. The van der Waals surface area contributed by atoms with Crippen molar-refractivity contribution in [3.05, 3.63) is 35.4 Å². The van der Waals surface area contributed by atoms with Crippen LogP contribution in [0.4, 0.5) is 0 Å². The first kappa shape index (κ1) is 20.2. The number of amides is 1. The number of nitrogens with zero attached hydrogens (tertiary/aromatic N) is 1. The van der Waals surface area contributed by atoms with Crippen LogP contribution in [-0.4, -0.2) is 44.7 Å². The van der Waals surface area contributed by atoms with E-state index < -0.39 is 0 Å². The monoisotopic (exact) mass is 360 g/mol. The fourth-order valence-corrected chi connectivity index (χ4v) is 3.12. The van der Waals surface area contributed by atoms with Gasteiger partial charge in [0.05, 0.1) is 6.10 Å². The SMILES string of the molecule is CCNC(=NCC1CCCOC1c1ccc(C)cc1)NCCNC(C)=O. The molecule has 1 saturated heterocycles. The molecule has 0 radical (unpaired) electrons.